The Hall–Kier alpha value is -1.59. The number of likely N-dealkylation sites (tertiary alicyclic amines) is 1. The maximum absolute atomic E-state index is 12.3. The van der Waals surface area contributed by atoms with Gasteiger partial charge in [-0.25, -0.2) is 0 Å². The van der Waals surface area contributed by atoms with Crippen LogP contribution in [0.2, 0.25) is 0 Å². The van der Waals surface area contributed by atoms with E-state index in [2.05, 4.69) is 0 Å². The Bertz CT molecular complexity index is 461. The van der Waals surface area contributed by atoms with Crippen LogP contribution in [0.4, 0.5) is 0 Å². The van der Waals surface area contributed by atoms with Crippen molar-refractivity contribution in [3.63, 3.8) is 0 Å². The number of aliphatic hydroxyl groups is 1. The van der Waals surface area contributed by atoms with Crippen LogP contribution in [-0.2, 0) is 11.2 Å². The van der Waals surface area contributed by atoms with Crippen LogP contribution in [0.3, 0.4) is 0 Å². The average Bonchev–Trinajstić information content (AvgIpc) is 2.40. The number of aromatic hydroxyl groups is 1. The second-order valence-electron chi connectivity index (χ2n) is 5.80. The van der Waals surface area contributed by atoms with Crippen molar-refractivity contribution in [2.24, 2.45) is 5.73 Å². The van der Waals surface area contributed by atoms with Crippen molar-refractivity contribution < 1.29 is 15.0 Å². The summed E-state index contributed by atoms with van der Waals surface area (Å²) in [5.74, 6) is 0.125. The van der Waals surface area contributed by atoms with E-state index in [0.717, 1.165) is 5.56 Å². The first-order valence-corrected chi connectivity index (χ1v) is 6.92. The molecule has 1 aliphatic rings. The van der Waals surface area contributed by atoms with Crippen molar-refractivity contribution in [1.82, 2.24) is 4.90 Å². The lowest BCUT2D eigenvalue weighted by molar-refractivity contribution is -0.136. The van der Waals surface area contributed by atoms with Crippen molar-refractivity contribution in [2.75, 3.05) is 13.1 Å². The number of hydrogen-bond donors (Lipinski definition) is 3. The molecule has 1 saturated heterocycles. The van der Waals surface area contributed by atoms with Crippen molar-refractivity contribution >= 4 is 5.91 Å². The molecule has 1 amide bonds. The van der Waals surface area contributed by atoms with Gasteiger partial charge < -0.3 is 20.8 Å². The molecule has 1 aliphatic heterocycles. The normalized spacial score (nSPS) is 19.6. The Balaban J connectivity index is 1.90. The lowest BCUT2D eigenvalue weighted by Gasteiger charge is -2.36. The first kappa shape index (κ1) is 14.8. The average molecular weight is 278 g/mol. The molecular weight excluding hydrogens is 256 g/mol. The Kier molecular flexibility index (Phi) is 4.30. The summed E-state index contributed by atoms with van der Waals surface area (Å²) < 4.78 is 0. The van der Waals surface area contributed by atoms with Gasteiger partial charge in [0.2, 0.25) is 5.91 Å². The summed E-state index contributed by atoms with van der Waals surface area (Å²) in [6.07, 6.45) is 1.63. The minimum atomic E-state index is -0.669. The molecule has 0 aromatic heterocycles. The second kappa shape index (κ2) is 5.81. The third-order valence-electron chi connectivity index (χ3n) is 3.86. The molecule has 1 aromatic carbocycles. The molecule has 4 N–H and O–H groups in total. The number of nitrogens with zero attached hydrogens (tertiary/aromatic N) is 1. The first-order valence-electron chi connectivity index (χ1n) is 6.92. The van der Waals surface area contributed by atoms with E-state index in [9.17, 15) is 15.0 Å². The Morgan fingerprint density at radius 1 is 1.35 bits per heavy atom. The van der Waals surface area contributed by atoms with Crippen molar-refractivity contribution in [3.05, 3.63) is 29.8 Å². The second-order valence-corrected chi connectivity index (χ2v) is 5.80. The van der Waals surface area contributed by atoms with Gasteiger partial charge in [-0.3, -0.25) is 4.79 Å². The number of hydrogen-bond acceptors (Lipinski definition) is 4. The summed E-state index contributed by atoms with van der Waals surface area (Å²) in [6.45, 7) is 2.90. The molecular formula is C15H22N2O3. The summed E-state index contributed by atoms with van der Waals surface area (Å²) in [5, 5.41) is 19.1. The highest BCUT2D eigenvalue weighted by atomic mass is 16.3. The van der Waals surface area contributed by atoms with Gasteiger partial charge in [-0.05, 0) is 43.9 Å². The maximum Gasteiger partial charge on any atom is 0.239 e. The van der Waals surface area contributed by atoms with Crippen molar-refractivity contribution in [3.8, 4) is 5.75 Å². The third kappa shape index (κ3) is 3.71. The van der Waals surface area contributed by atoms with Gasteiger partial charge >= 0.3 is 0 Å². The van der Waals surface area contributed by atoms with Crippen LogP contribution in [0, 0.1) is 0 Å². The van der Waals surface area contributed by atoms with Crippen molar-refractivity contribution in [1.29, 1.82) is 0 Å². The molecule has 1 atom stereocenters. The highest BCUT2D eigenvalue weighted by Crippen LogP contribution is 2.21. The zero-order valence-corrected chi connectivity index (χ0v) is 11.7. The fraction of sp³-hybridized carbons (Fsp3) is 0.533. The number of phenols is 1. The van der Waals surface area contributed by atoms with Crippen LogP contribution in [0.25, 0.3) is 0 Å². The zero-order chi connectivity index (χ0) is 14.8. The number of piperidine rings is 1. The zero-order valence-electron chi connectivity index (χ0n) is 11.7. The van der Waals surface area contributed by atoms with Gasteiger partial charge in [0, 0.05) is 13.1 Å². The van der Waals surface area contributed by atoms with Crippen LogP contribution < -0.4 is 5.73 Å². The predicted molar refractivity (Wildman–Crippen MR) is 76.2 cm³/mol. The molecule has 0 aliphatic carbocycles. The van der Waals surface area contributed by atoms with Crippen molar-refractivity contribution in [2.45, 2.75) is 37.8 Å². The summed E-state index contributed by atoms with van der Waals surface area (Å²) in [4.78, 5) is 14.0. The van der Waals surface area contributed by atoms with Gasteiger partial charge in [0.1, 0.15) is 5.75 Å². The number of rotatable bonds is 3. The van der Waals surface area contributed by atoms with Gasteiger partial charge in [-0.15, -0.1) is 0 Å². The quantitative estimate of drug-likeness (QED) is 0.757. The van der Waals surface area contributed by atoms with E-state index in [4.69, 9.17) is 5.73 Å². The van der Waals surface area contributed by atoms with Crippen LogP contribution in [-0.4, -0.2) is 45.8 Å². The first-order chi connectivity index (χ1) is 9.37. The SMILES string of the molecule is CC1(O)CCN(C(=O)[C@H](N)Cc2ccc(O)cc2)CC1. The van der Waals surface area contributed by atoms with Gasteiger partial charge in [-0.1, -0.05) is 12.1 Å². The molecule has 20 heavy (non-hydrogen) atoms. The van der Waals surface area contributed by atoms with E-state index < -0.39 is 11.6 Å². The highest BCUT2D eigenvalue weighted by molar-refractivity contribution is 5.82. The summed E-state index contributed by atoms with van der Waals surface area (Å²) in [7, 11) is 0. The molecule has 1 fully saturated rings. The van der Waals surface area contributed by atoms with E-state index in [1.54, 1.807) is 36.1 Å². The van der Waals surface area contributed by atoms with Gasteiger partial charge in [0.15, 0.2) is 0 Å². The maximum atomic E-state index is 12.3. The van der Waals surface area contributed by atoms with Crippen LogP contribution in [0.1, 0.15) is 25.3 Å². The monoisotopic (exact) mass is 278 g/mol. The highest BCUT2D eigenvalue weighted by Gasteiger charge is 2.31. The molecule has 1 aromatic rings. The standard InChI is InChI=1S/C15H22N2O3/c1-15(20)6-8-17(9-7-15)14(19)13(16)10-11-2-4-12(18)5-3-11/h2-5,13,18,20H,6-10,16H2,1H3/t13-/m1/s1. The molecule has 0 unspecified atom stereocenters. The Morgan fingerprint density at radius 2 is 1.90 bits per heavy atom. The fourth-order valence-corrected chi connectivity index (χ4v) is 2.42. The minimum Gasteiger partial charge on any atom is -0.508 e. The van der Waals surface area contributed by atoms with E-state index in [0.29, 0.717) is 32.4 Å². The Morgan fingerprint density at radius 3 is 2.45 bits per heavy atom. The molecule has 2 rings (SSSR count). The molecule has 5 heteroatoms. The van der Waals surface area contributed by atoms with E-state index in [-0.39, 0.29) is 11.7 Å². The van der Waals surface area contributed by atoms with E-state index in [1.165, 1.54) is 0 Å². The minimum absolute atomic E-state index is 0.0754. The number of carbonyl (C=O) groups is 1. The summed E-state index contributed by atoms with van der Waals surface area (Å²) in [5.41, 5.74) is 6.22. The van der Waals surface area contributed by atoms with Crippen LogP contribution >= 0.6 is 0 Å². The Labute approximate surface area is 119 Å². The lowest BCUT2D eigenvalue weighted by Crippen LogP contribution is -2.51. The number of carbonyl (C=O) groups excluding carboxylic acids is 1. The number of amides is 1. The van der Waals surface area contributed by atoms with Crippen LogP contribution in [0.5, 0.6) is 5.75 Å². The molecule has 0 saturated carbocycles. The molecule has 1 heterocycles. The molecule has 0 spiro atoms. The smallest absolute Gasteiger partial charge is 0.239 e. The predicted octanol–water partition coefficient (Wildman–Crippen LogP) is 0.635. The van der Waals surface area contributed by atoms with E-state index in [1.807, 2.05) is 0 Å². The largest absolute Gasteiger partial charge is 0.508 e. The van der Waals surface area contributed by atoms with E-state index >= 15 is 0 Å². The van der Waals surface area contributed by atoms with Gasteiger partial charge in [0.25, 0.3) is 0 Å². The fourth-order valence-electron chi connectivity index (χ4n) is 2.42. The van der Waals surface area contributed by atoms with Crippen LogP contribution in [0.15, 0.2) is 24.3 Å². The lowest BCUT2D eigenvalue weighted by atomic mass is 9.93. The molecule has 110 valence electrons. The molecule has 0 bridgehead atoms. The molecule has 0 radical (unpaired) electrons. The number of benzene rings is 1. The van der Waals surface area contributed by atoms with Gasteiger partial charge in [-0.2, -0.15) is 0 Å². The third-order valence-corrected chi connectivity index (χ3v) is 3.86. The number of nitrogens with two attached hydrogens (primary N) is 1. The summed E-state index contributed by atoms with van der Waals surface area (Å²) in [6, 6.07) is 6.13. The molecule has 5 nitrogen and oxygen atoms in total. The van der Waals surface area contributed by atoms with Gasteiger partial charge in [0.05, 0.1) is 11.6 Å². The topological polar surface area (TPSA) is 86.8 Å². The number of phenolic OH excluding ortho intramolecular Hbond substituents is 1. The summed E-state index contributed by atoms with van der Waals surface area (Å²) >= 11 is 0.